The van der Waals surface area contributed by atoms with E-state index in [4.69, 9.17) is 28.5 Å². The van der Waals surface area contributed by atoms with Crippen molar-refractivity contribution in [3.8, 4) is 12.1 Å². The van der Waals surface area contributed by atoms with E-state index in [0.29, 0.717) is 44.1 Å². The Bertz CT molecular complexity index is 2690. The highest BCUT2D eigenvalue weighted by Crippen LogP contribution is 2.38. The van der Waals surface area contributed by atoms with Crippen LogP contribution >= 0.6 is 45.8 Å². The molecule has 0 bridgehead atoms. The van der Waals surface area contributed by atoms with Crippen LogP contribution in [0.1, 0.15) is 68.1 Å². The van der Waals surface area contributed by atoms with E-state index in [-0.39, 0.29) is 22.6 Å². The van der Waals surface area contributed by atoms with E-state index < -0.39 is 5.82 Å². The van der Waals surface area contributed by atoms with Gasteiger partial charge in [0.15, 0.2) is 0 Å². The van der Waals surface area contributed by atoms with E-state index in [2.05, 4.69) is 103 Å². The molecule has 0 spiro atoms. The third kappa shape index (κ3) is 9.32. The van der Waals surface area contributed by atoms with Gasteiger partial charge in [-0.25, -0.2) is 9.07 Å². The number of anilines is 3. The molecule has 292 valence electrons. The van der Waals surface area contributed by atoms with Gasteiger partial charge in [0.2, 0.25) is 0 Å². The van der Waals surface area contributed by atoms with Crippen molar-refractivity contribution in [3.05, 3.63) is 145 Å². The van der Waals surface area contributed by atoms with Crippen molar-refractivity contribution in [1.82, 2.24) is 29.9 Å². The summed E-state index contributed by atoms with van der Waals surface area (Å²) in [6.45, 7) is 8.79. The lowest BCUT2D eigenvalue weighted by atomic mass is 9.98. The Morgan fingerprint density at radius 2 is 1.66 bits per heavy atom. The summed E-state index contributed by atoms with van der Waals surface area (Å²) in [5.41, 5.74) is 5.99. The lowest BCUT2D eigenvalue weighted by molar-refractivity contribution is 0.0866. The molecule has 8 rings (SSSR count). The molecule has 0 amide bonds. The van der Waals surface area contributed by atoms with Crippen molar-refractivity contribution >= 4 is 84.7 Å². The molecule has 1 aliphatic heterocycles. The third-order valence-electron chi connectivity index (χ3n) is 10.1. The first-order valence-corrected chi connectivity index (χ1v) is 20.4. The summed E-state index contributed by atoms with van der Waals surface area (Å²) < 4.78 is 17.0. The van der Waals surface area contributed by atoms with E-state index in [1.807, 2.05) is 65.5 Å². The first-order valence-electron chi connectivity index (χ1n) is 18.6. The van der Waals surface area contributed by atoms with Gasteiger partial charge in [-0.15, -0.1) is 5.10 Å². The minimum Gasteiger partial charge on any atom is -0.373 e. The van der Waals surface area contributed by atoms with Crippen LogP contribution in [-0.4, -0.2) is 48.5 Å². The Morgan fingerprint density at radius 3 is 2.38 bits per heavy atom. The van der Waals surface area contributed by atoms with Crippen LogP contribution < -0.4 is 10.6 Å². The Kier molecular flexibility index (Phi) is 12.4. The van der Waals surface area contributed by atoms with Gasteiger partial charge in [-0.1, -0.05) is 58.7 Å². The summed E-state index contributed by atoms with van der Waals surface area (Å²) in [6.07, 6.45) is 7.10. The maximum atomic E-state index is 13.9. The van der Waals surface area contributed by atoms with Gasteiger partial charge >= 0.3 is 0 Å². The zero-order valence-electron chi connectivity index (χ0n) is 31.9. The minimum atomic E-state index is -0.532. The highest BCUT2D eigenvalue weighted by Gasteiger charge is 2.29. The number of fused-ring (bicyclic) bond motifs is 2. The van der Waals surface area contributed by atoms with Gasteiger partial charge in [0.1, 0.15) is 23.6 Å². The first-order chi connectivity index (χ1) is 27.9. The van der Waals surface area contributed by atoms with Gasteiger partial charge in [0.25, 0.3) is 0 Å². The Hall–Kier alpha value is -5.38. The lowest BCUT2D eigenvalue weighted by Crippen LogP contribution is -2.46. The van der Waals surface area contributed by atoms with Crippen molar-refractivity contribution in [2.75, 3.05) is 23.7 Å². The van der Waals surface area contributed by atoms with Crippen LogP contribution in [0.4, 0.5) is 21.5 Å². The van der Waals surface area contributed by atoms with Crippen molar-refractivity contribution < 1.29 is 4.39 Å². The zero-order chi connectivity index (χ0) is 41.0. The SMILES string of the molecule is CC(C)(C)N1CCC(n2cc([C@@H](Nc3cc(Cl)c4ncc(C#N)c(Nc5ccc(F)c(Cl)c5)c4c3)c3cccc(I)c3)nn2)CC1.N#Cc1cnc2ccccc2c1. The Balaban J connectivity index is 0.000000363. The number of nitrogens with one attached hydrogen (secondary N) is 2. The second-order valence-electron chi connectivity index (χ2n) is 14.9. The van der Waals surface area contributed by atoms with E-state index in [1.54, 1.807) is 12.3 Å². The molecule has 14 heteroatoms. The number of nitrogens with zero attached hydrogens (tertiary/aromatic N) is 8. The highest BCUT2D eigenvalue weighted by atomic mass is 127. The Morgan fingerprint density at radius 1 is 0.879 bits per heavy atom. The zero-order valence-corrected chi connectivity index (χ0v) is 35.6. The molecule has 3 aromatic heterocycles. The number of para-hydroxylation sites is 1. The average Bonchev–Trinajstić information content (AvgIpc) is 3.71. The van der Waals surface area contributed by atoms with Crippen LogP contribution in [0.15, 0.2) is 104 Å². The van der Waals surface area contributed by atoms with Gasteiger partial charge in [-0.2, -0.15) is 10.5 Å². The molecule has 1 aliphatic rings. The highest BCUT2D eigenvalue weighted by molar-refractivity contribution is 14.1. The predicted octanol–water partition coefficient (Wildman–Crippen LogP) is 11.2. The molecule has 1 atom stereocenters. The van der Waals surface area contributed by atoms with Gasteiger partial charge in [-0.05, 0) is 116 Å². The number of nitriles is 2. The minimum absolute atomic E-state index is 0.0320. The number of rotatable bonds is 7. The van der Waals surface area contributed by atoms with Crippen LogP contribution in [-0.2, 0) is 0 Å². The van der Waals surface area contributed by atoms with Crippen molar-refractivity contribution in [3.63, 3.8) is 0 Å². The van der Waals surface area contributed by atoms with E-state index in [0.717, 1.165) is 51.7 Å². The summed E-state index contributed by atoms with van der Waals surface area (Å²) in [4.78, 5) is 11.1. The number of aromatic nitrogens is 5. The normalized spacial score (nSPS) is 13.9. The molecule has 1 saturated heterocycles. The molecule has 4 aromatic carbocycles. The molecule has 7 aromatic rings. The summed E-state index contributed by atoms with van der Waals surface area (Å²) >= 11 is 15.2. The molecule has 10 nitrogen and oxygen atoms in total. The van der Waals surface area contributed by atoms with Crippen molar-refractivity contribution in [2.24, 2.45) is 0 Å². The monoisotopic (exact) mass is 922 g/mol. The topological polar surface area (TPSA) is 131 Å². The van der Waals surface area contributed by atoms with Crippen molar-refractivity contribution in [2.45, 2.75) is 51.2 Å². The quantitative estimate of drug-likeness (QED) is 0.150. The summed E-state index contributed by atoms with van der Waals surface area (Å²) in [5, 5.41) is 36.7. The smallest absolute Gasteiger partial charge is 0.141 e. The summed E-state index contributed by atoms with van der Waals surface area (Å²) in [5.74, 6) is -0.532. The van der Waals surface area contributed by atoms with E-state index >= 15 is 0 Å². The van der Waals surface area contributed by atoms with E-state index in [9.17, 15) is 9.65 Å². The second kappa shape index (κ2) is 17.6. The van der Waals surface area contributed by atoms with E-state index in [1.165, 1.54) is 18.3 Å². The number of benzene rings is 4. The van der Waals surface area contributed by atoms with Crippen molar-refractivity contribution in [1.29, 1.82) is 10.5 Å². The van der Waals surface area contributed by atoms with Crippen LogP contribution in [0.2, 0.25) is 10.0 Å². The van der Waals surface area contributed by atoms with Gasteiger partial charge in [0, 0.05) is 56.7 Å². The van der Waals surface area contributed by atoms with Gasteiger partial charge < -0.3 is 10.6 Å². The molecule has 1 fully saturated rings. The molecule has 4 heterocycles. The third-order valence-corrected chi connectivity index (χ3v) is 11.3. The molecule has 0 saturated carbocycles. The first kappa shape index (κ1) is 40.8. The molecular weight excluding hydrogens is 885 g/mol. The maximum absolute atomic E-state index is 13.9. The Labute approximate surface area is 359 Å². The number of hydrogen-bond acceptors (Lipinski definition) is 9. The van der Waals surface area contributed by atoms with Crippen LogP contribution in [0.25, 0.3) is 21.8 Å². The molecular formula is C44H38Cl2FIN10. The van der Waals surface area contributed by atoms with Gasteiger partial charge in [0.05, 0.1) is 56.2 Å². The average molecular weight is 924 g/mol. The molecule has 58 heavy (non-hydrogen) atoms. The predicted molar refractivity (Wildman–Crippen MR) is 237 cm³/mol. The molecule has 0 unspecified atom stereocenters. The maximum Gasteiger partial charge on any atom is 0.141 e. The second-order valence-corrected chi connectivity index (χ2v) is 17.0. The standard InChI is InChI=1S/C34H32Cl2FIN8.C10H6N2/c1-34(2,3)45-11-9-25(10-12-45)46-19-30(43-44-46)32(20-5-4-6-22(38)13-20)42-24-14-26-31(41-23-7-8-29(37)27(35)15-23)21(17-39)18-40-33(26)28(36)16-24;11-6-8-5-9-3-1-2-4-10(9)12-7-8/h4-8,13-16,18-19,25,32,42H,9-12H2,1-3H3,(H,40,41);1-5,7H/t32-;/m0./s1. The number of likely N-dealkylation sites (tertiary alicyclic amines) is 1. The number of hydrogen-bond donors (Lipinski definition) is 2. The summed E-state index contributed by atoms with van der Waals surface area (Å²) in [7, 11) is 0. The van der Waals surface area contributed by atoms with Crippen LogP contribution in [0.3, 0.4) is 0 Å². The van der Waals surface area contributed by atoms with Gasteiger partial charge in [-0.3, -0.25) is 14.9 Å². The fraction of sp³-hybridized carbons (Fsp3) is 0.227. The summed E-state index contributed by atoms with van der Waals surface area (Å²) in [6, 6.07) is 30.0. The number of halogens is 4. The number of pyridine rings is 2. The molecule has 0 aliphatic carbocycles. The fourth-order valence-electron chi connectivity index (χ4n) is 7.00. The molecule has 2 N–H and O–H groups in total. The van der Waals surface area contributed by atoms with Crippen LogP contribution in [0, 0.1) is 32.0 Å². The molecule has 0 radical (unpaired) electrons. The number of piperidine rings is 1. The van der Waals surface area contributed by atoms with Crippen LogP contribution in [0.5, 0.6) is 0 Å². The fourth-order valence-corrected chi connectivity index (χ4v) is 8.01. The largest absolute Gasteiger partial charge is 0.373 e. The lowest BCUT2D eigenvalue weighted by Gasteiger charge is -2.40.